The maximum absolute atomic E-state index is 11.3. The van der Waals surface area contributed by atoms with E-state index >= 15 is 0 Å². The number of Topliss-reactive ketones (excluding diaryl/α,β-unsaturated/α-hetero) is 1. The summed E-state index contributed by atoms with van der Waals surface area (Å²) in [6, 6.07) is 0. The third kappa shape index (κ3) is 0.389. The summed E-state index contributed by atoms with van der Waals surface area (Å²) in [6.07, 6.45) is 3.62. The zero-order valence-corrected chi connectivity index (χ0v) is 5.96. The van der Waals surface area contributed by atoms with Gasteiger partial charge in [0.1, 0.15) is 5.54 Å². The van der Waals surface area contributed by atoms with Crippen molar-refractivity contribution in [3.8, 4) is 0 Å². The van der Waals surface area contributed by atoms with Crippen LogP contribution in [0.2, 0.25) is 0 Å². The van der Waals surface area contributed by atoms with Crippen LogP contribution in [0.4, 0.5) is 0 Å². The van der Waals surface area contributed by atoms with Gasteiger partial charge in [0.05, 0.1) is 6.42 Å². The Bertz CT molecular complexity index is 308. The maximum atomic E-state index is 11.3. The summed E-state index contributed by atoms with van der Waals surface area (Å²) in [4.78, 5) is 24.1. The van der Waals surface area contributed by atoms with E-state index in [9.17, 15) is 9.59 Å². The zero-order chi connectivity index (χ0) is 7.64. The average Bonchev–Trinajstić information content (AvgIpc) is 2.40. The molecule has 3 nitrogen and oxygen atoms in total. The quantitative estimate of drug-likeness (QED) is 0.462. The van der Waals surface area contributed by atoms with Gasteiger partial charge < -0.3 is 4.90 Å². The van der Waals surface area contributed by atoms with E-state index in [2.05, 4.69) is 0 Å². The Kier molecular flexibility index (Phi) is 0.635. The minimum atomic E-state index is -0.369. The number of nitrogens with zero attached hydrogens (tertiary/aromatic N) is 1. The molecule has 3 aliphatic heterocycles. The first-order valence-corrected chi connectivity index (χ1v) is 3.77. The Hall–Kier alpha value is -1.12. The third-order valence-electron chi connectivity index (χ3n) is 2.91. The Morgan fingerprint density at radius 1 is 1.36 bits per heavy atom. The third-order valence-corrected chi connectivity index (χ3v) is 2.91. The first-order valence-electron chi connectivity index (χ1n) is 3.77. The van der Waals surface area contributed by atoms with E-state index in [0.717, 1.165) is 12.8 Å². The molecule has 11 heavy (non-hydrogen) atoms. The molecule has 1 spiro atoms. The molecular weight excluding hydrogens is 142 g/mol. The summed E-state index contributed by atoms with van der Waals surface area (Å²) < 4.78 is 0. The SMILES string of the molecule is O=C1CC(=O)C23CC(=CN12)C3. The lowest BCUT2D eigenvalue weighted by Crippen LogP contribution is -2.47. The number of carbonyl (C=O) groups excluding carboxylic acids is 2. The lowest BCUT2D eigenvalue weighted by atomic mass is 9.74. The van der Waals surface area contributed by atoms with E-state index in [0.29, 0.717) is 0 Å². The second kappa shape index (κ2) is 1.26. The minimum Gasteiger partial charge on any atom is -0.305 e. The molecule has 1 saturated carbocycles. The molecule has 0 aromatic carbocycles. The summed E-state index contributed by atoms with van der Waals surface area (Å²) in [5, 5.41) is 0. The Balaban J connectivity index is 2.18. The van der Waals surface area contributed by atoms with Crippen LogP contribution < -0.4 is 0 Å². The number of hydrogen-bond acceptors (Lipinski definition) is 2. The fourth-order valence-corrected chi connectivity index (χ4v) is 2.30. The van der Waals surface area contributed by atoms with Crippen LogP contribution in [-0.2, 0) is 9.59 Å². The number of rotatable bonds is 0. The van der Waals surface area contributed by atoms with Crippen molar-refractivity contribution in [3.05, 3.63) is 11.8 Å². The first kappa shape index (κ1) is 5.52. The van der Waals surface area contributed by atoms with Gasteiger partial charge in [0.2, 0.25) is 5.91 Å². The molecule has 0 atom stereocenters. The molecule has 3 heterocycles. The molecule has 4 rings (SSSR count). The highest BCUT2D eigenvalue weighted by Gasteiger charge is 2.61. The van der Waals surface area contributed by atoms with Crippen LogP contribution in [0.5, 0.6) is 0 Å². The van der Waals surface area contributed by atoms with Gasteiger partial charge in [-0.3, -0.25) is 9.59 Å². The number of ketones is 1. The second-order valence-electron chi connectivity index (χ2n) is 3.54. The van der Waals surface area contributed by atoms with Crippen molar-refractivity contribution in [2.24, 2.45) is 0 Å². The second-order valence-corrected chi connectivity index (χ2v) is 3.54. The van der Waals surface area contributed by atoms with Crippen LogP contribution in [0, 0.1) is 0 Å². The van der Waals surface area contributed by atoms with Crippen molar-refractivity contribution in [3.63, 3.8) is 0 Å². The molecule has 0 aromatic rings. The molecule has 0 aromatic heterocycles. The van der Waals surface area contributed by atoms with Crippen LogP contribution in [0.15, 0.2) is 11.8 Å². The van der Waals surface area contributed by atoms with E-state index in [1.807, 2.05) is 6.20 Å². The highest BCUT2D eigenvalue weighted by Crippen LogP contribution is 2.53. The molecule has 56 valence electrons. The molecule has 2 bridgehead atoms. The van der Waals surface area contributed by atoms with Gasteiger partial charge in [-0.15, -0.1) is 0 Å². The normalized spacial score (nSPS) is 30.2. The van der Waals surface area contributed by atoms with Gasteiger partial charge in [-0.2, -0.15) is 0 Å². The van der Waals surface area contributed by atoms with Gasteiger partial charge in [0.15, 0.2) is 5.78 Å². The number of carbonyl (C=O) groups is 2. The van der Waals surface area contributed by atoms with Gasteiger partial charge >= 0.3 is 0 Å². The molecular formula is C8H7NO2. The predicted molar refractivity (Wildman–Crippen MR) is 36.5 cm³/mol. The van der Waals surface area contributed by atoms with E-state index in [4.69, 9.17) is 0 Å². The molecule has 4 aliphatic rings. The van der Waals surface area contributed by atoms with Crippen LogP contribution in [0.3, 0.4) is 0 Å². The molecule has 0 N–H and O–H groups in total. The van der Waals surface area contributed by atoms with E-state index < -0.39 is 0 Å². The van der Waals surface area contributed by atoms with Gasteiger partial charge in [-0.1, -0.05) is 0 Å². The van der Waals surface area contributed by atoms with Gasteiger partial charge in [0.25, 0.3) is 0 Å². The average molecular weight is 149 g/mol. The summed E-state index contributed by atoms with van der Waals surface area (Å²) in [7, 11) is 0. The Morgan fingerprint density at radius 2 is 2.09 bits per heavy atom. The van der Waals surface area contributed by atoms with Crippen molar-refractivity contribution < 1.29 is 9.59 Å². The standard InChI is InChI=1S/C8H7NO2/c10-6-1-7(11)9-4-5-2-8(6,9)3-5/h4H,1-3H2. The van der Waals surface area contributed by atoms with Crippen LogP contribution in [-0.4, -0.2) is 22.1 Å². The number of amides is 1. The highest BCUT2D eigenvalue weighted by atomic mass is 16.2. The monoisotopic (exact) mass is 149 g/mol. The largest absolute Gasteiger partial charge is 0.305 e. The maximum Gasteiger partial charge on any atom is 0.234 e. The van der Waals surface area contributed by atoms with E-state index in [1.165, 1.54) is 5.57 Å². The summed E-state index contributed by atoms with van der Waals surface area (Å²) in [6.45, 7) is 0. The zero-order valence-electron chi connectivity index (χ0n) is 5.96. The van der Waals surface area contributed by atoms with E-state index in [-0.39, 0.29) is 23.7 Å². The summed E-state index contributed by atoms with van der Waals surface area (Å²) in [5.74, 6) is 0.113. The fourth-order valence-electron chi connectivity index (χ4n) is 2.30. The molecule has 1 amide bonds. The van der Waals surface area contributed by atoms with E-state index in [1.54, 1.807) is 4.90 Å². The smallest absolute Gasteiger partial charge is 0.234 e. The van der Waals surface area contributed by atoms with Crippen LogP contribution in [0.1, 0.15) is 19.3 Å². The first-order chi connectivity index (χ1) is 5.22. The Labute approximate surface area is 63.7 Å². The topological polar surface area (TPSA) is 37.4 Å². The predicted octanol–water partition coefficient (Wildman–Crippen LogP) is 0.218. The van der Waals surface area contributed by atoms with Crippen LogP contribution >= 0.6 is 0 Å². The van der Waals surface area contributed by atoms with Gasteiger partial charge in [0, 0.05) is 19.0 Å². The van der Waals surface area contributed by atoms with Crippen molar-refractivity contribution in [1.82, 2.24) is 4.90 Å². The molecule has 2 fully saturated rings. The lowest BCUT2D eigenvalue weighted by molar-refractivity contribution is -0.128. The van der Waals surface area contributed by atoms with Crippen molar-refractivity contribution >= 4 is 11.7 Å². The van der Waals surface area contributed by atoms with Crippen molar-refractivity contribution in [2.45, 2.75) is 24.8 Å². The molecule has 0 unspecified atom stereocenters. The number of hydrogen-bond donors (Lipinski definition) is 0. The molecule has 0 radical (unpaired) electrons. The summed E-state index contributed by atoms with van der Waals surface area (Å²) in [5.41, 5.74) is 0.887. The Morgan fingerprint density at radius 3 is 2.73 bits per heavy atom. The summed E-state index contributed by atoms with van der Waals surface area (Å²) >= 11 is 0. The van der Waals surface area contributed by atoms with Crippen LogP contribution in [0.25, 0.3) is 0 Å². The van der Waals surface area contributed by atoms with Crippen molar-refractivity contribution in [2.75, 3.05) is 0 Å². The minimum absolute atomic E-state index is 0.0116. The van der Waals surface area contributed by atoms with Crippen molar-refractivity contribution in [1.29, 1.82) is 0 Å². The fraction of sp³-hybridized carbons (Fsp3) is 0.500. The molecule has 1 aliphatic carbocycles. The van der Waals surface area contributed by atoms with Gasteiger partial charge in [-0.25, -0.2) is 0 Å². The lowest BCUT2D eigenvalue weighted by Gasteiger charge is -2.34. The highest BCUT2D eigenvalue weighted by molar-refractivity contribution is 6.13. The molecule has 1 saturated heterocycles. The molecule has 3 heteroatoms. The van der Waals surface area contributed by atoms with Gasteiger partial charge in [-0.05, 0) is 5.57 Å².